The highest BCUT2D eigenvalue weighted by atomic mass is 79.9. The van der Waals surface area contributed by atoms with Crippen molar-refractivity contribution >= 4 is 27.5 Å². The number of Topliss-reactive ketones (excluding diaryl/α,β-unsaturated/α-hetero) is 1. The maximum atomic E-state index is 12.3. The average molecular weight is 375 g/mol. The number of halogens is 1. The van der Waals surface area contributed by atoms with E-state index in [-0.39, 0.29) is 5.78 Å². The lowest BCUT2D eigenvalue weighted by Crippen LogP contribution is -2.22. The first-order valence-electron chi connectivity index (χ1n) is 7.77. The van der Waals surface area contributed by atoms with Crippen LogP contribution in [0.4, 0.5) is 5.82 Å². The first-order chi connectivity index (χ1) is 11.1. The van der Waals surface area contributed by atoms with Gasteiger partial charge in [0.1, 0.15) is 10.4 Å². The van der Waals surface area contributed by atoms with E-state index in [1.807, 2.05) is 31.2 Å². The summed E-state index contributed by atoms with van der Waals surface area (Å²) in [6, 6.07) is 7.79. The standard InChI is InChI=1S/C17H19BrN4O/c1-12-2-5-17(21-20-12)22-7-6-14(11-22)9-15(23)8-13-3-4-16(18)19-10-13/h2-5,10,14H,6-9,11H2,1H3/t14-/m1/s1. The largest absolute Gasteiger partial charge is 0.355 e. The molecule has 0 aromatic carbocycles. The summed E-state index contributed by atoms with van der Waals surface area (Å²) >= 11 is 3.30. The molecule has 3 heterocycles. The minimum atomic E-state index is 0.274. The number of carbonyl (C=O) groups is 1. The summed E-state index contributed by atoms with van der Waals surface area (Å²) in [4.78, 5) is 18.6. The third-order valence-corrected chi connectivity index (χ3v) is 4.57. The molecule has 0 N–H and O–H groups in total. The molecule has 1 aliphatic heterocycles. The molecule has 0 bridgehead atoms. The molecule has 1 fully saturated rings. The number of aromatic nitrogens is 3. The van der Waals surface area contributed by atoms with Crippen LogP contribution in [0.3, 0.4) is 0 Å². The number of aryl methyl sites for hydroxylation is 1. The first kappa shape index (κ1) is 16.1. The monoisotopic (exact) mass is 374 g/mol. The molecular formula is C17H19BrN4O. The quantitative estimate of drug-likeness (QED) is 0.752. The summed E-state index contributed by atoms with van der Waals surface area (Å²) in [5, 5.41) is 8.33. The fourth-order valence-electron chi connectivity index (χ4n) is 2.90. The molecule has 0 radical (unpaired) electrons. The van der Waals surface area contributed by atoms with Gasteiger partial charge in [0.15, 0.2) is 5.82 Å². The molecule has 1 aliphatic rings. The summed E-state index contributed by atoms with van der Waals surface area (Å²) in [5.74, 6) is 1.58. The average Bonchev–Trinajstić information content (AvgIpc) is 2.98. The Bertz CT molecular complexity index is 672. The van der Waals surface area contributed by atoms with Gasteiger partial charge >= 0.3 is 0 Å². The van der Waals surface area contributed by atoms with Gasteiger partial charge in [0.2, 0.25) is 0 Å². The molecule has 0 aliphatic carbocycles. The molecule has 23 heavy (non-hydrogen) atoms. The molecule has 3 rings (SSSR count). The Labute approximate surface area is 144 Å². The van der Waals surface area contributed by atoms with Gasteiger partial charge in [-0.3, -0.25) is 4.79 Å². The fourth-order valence-corrected chi connectivity index (χ4v) is 3.14. The van der Waals surface area contributed by atoms with Gasteiger partial charge in [-0.05, 0) is 59.0 Å². The molecule has 2 aromatic heterocycles. The van der Waals surface area contributed by atoms with Crippen LogP contribution in [0, 0.1) is 12.8 Å². The number of hydrogen-bond acceptors (Lipinski definition) is 5. The number of nitrogens with zero attached hydrogens (tertiary/aromatic N) is 4. The smallest absolute Gasteiger partial charge is 0.151 e. The van der Waals surface area contributed by atoms with Gasteiger partial charge in [0, 0.05) is 32.1 Å². The zero-order chi connectivity index (χ0) is 16.2. The van der Waals surface area contributed by atoms with E-state index in [1.54, 1.807) is 6.20 Å². The van der Waals surface area contributed by atoms with E-state index in [2.05, 4.69) is 36.0 Å². The minimum Gasteiger partial charge on any atom is -0.355 e. The number of pyridine rings is 1. The van der Waals surface area contributed by atoms with Gasteiger partial charge in [0.05, 0.1) is 5.69 Å². The topological polar surface area (TPSA) is 59.0 Å². The lowest BCUT2D eigenvalue weighted by Gasteiger charge is -2.16. The zero-order valence-electron chi connectivity index (χ0n) is 13.1. The lowest BCUT2D eigenvalue weighted by molar-refractivity contribution is -0.119. The summed E-state index contributed by atoms with van der Waals surface area (Å²) in [6.07, 6.45) is 3.86. The van der Waals surface area contributed by atoms with Crippen LogP contribution in [0.2, 0.25) is 0 Å². The normalized spacial score (nSPS) is 17.5. The summed E-state index contributed by atoms with van der Waals surface area (Å²) in [7, 11) is 0. The Balaban J connectivity index is 1.52. The molecule has 0 spiro atoms. The van der Waals surface area contributed by atoms with Crippen molar-refractivity contribution < 1.29 is 4.79 Å². The second-order valence-corrected chi connectivity index (χ2v) is 6.85. The van der Waals surface area contributed by atoms with Crippen molar-refractivity contribution in [1.82, 2.24) is 15.2 Å². The van der Waals surface area contributed by atoms with E-state index in [0.717, 1.165) is 41.2 Å². The van der Waals surface area contributed by atoms with E-state index < -0.39 is 0 Å². The van der Waals surface area contributed by atoms with Gasteiger partial charge in [-0.25, -0.2) is 4.98 Å². The highest BCUT2D eigenvalue weighted by Crippen LogP contribution is 2.24. The minimum absolute atomic E-state index is 0.274. The summed E-state index contributed by atoms with van der Waals surface area (Å²) in [6.45, 7) is 3.75. The van der Waals surface area contributed by atoms with Gasteiger partial charge in [-0.15, -0.1) is 5.10 Å². The van der Waals surface area contributed by atoms with Crippen LogP contribution in [-0.2, 0) is 11.2 Å². The van der Waals surface area contributed by atoms with Crippen molar-refractivity contribution in [1.29, 1.82) is 0 Å². The van der Waals surface area contributed by atoms with Crippen molar-refractivity contribution in [2.75, 3.05) is 18.0 Å². The Morgan fingerprint density at radius 2 is 2.17 bits per heavy atom. The van der Waals surface area contributed by atoms with Crippen LogP contribution < -0.4 is 4.90 Å². The molecule has 5 nitrogen and oxygen atoms in total. The molecule has 1 atom stereocenters. The van der Waals surface area contributed by atoms with Crippen molar-refractivity contribution in [3.8, 4) is 0 Å². The predicted octanol–water partition coefficient (Wildman–Crippen LogP) is 2.97. The maximum Gasteiger partial charge on any atom is 0.151 e. The van der Waals surface area contributed by atoms with E-state index in [4.69, 9.17) is 0 Å². The molecular weight excluding hydrogens is 356 g/mol. The van der Waals surface area contributed by atoms with Crippen LogP contribution in [0.5, 0.6) is 0 Å². The molecule has 2 aromatic rings. The molecule has 120 valence electrons. The van der Waals surface area contributed by atoms with Gasteiger partial charge < -0.3 is 4.90 Å². The molecule has 6 heteroatoms. The zero-order valence-corrected chi connectivity index (χ0v) is 14.7. The van der Waals surface area contributed by atoms with Gasteiger partial charge in [-0.2, -0.15) is 5.10 Å². The van der Waals surface area contributed by atoms with E-state index in [0.29, 0.717) is 18.8 Å². The summed E-state index contributed by atoms with van der Waals surface area (Å²) in [5.41, 5.74) is 1.89. The van der Waals surface area contributed by atoms with Crippen molar-refractivity contribution in [3.63, 3.8) is 0 Å². The maximum absolute atomic E-state index is 12.3. The first-order valence-corrected chi connectivity index (χ1v) is 8.57. The molecule has 0 unspecified atom stereocenters. The highest BCUT2D eigenvalue weighted by molar-refractivity contribution is 9.10. The highest BCUT2D eigenvalue weighted by Gasteiger charge is 2.25. The van der Waals surface area contributed by atoms with Crippen LogP contribution >= 0.6 is 15.9 Å². The Kier molecular flexibility index (Phi) is 5.00. The van der Waals surface area contributed by atoms with Gasteiger partial charge in [0.25, 0.3) is 0 Å². The Hall–Kier alpha value is -1.82. The number of rotatable bonds is 5. The fraction of sp³-hybridized carbons (Fsp3) is 0.412. The third kappa shape index (κ3) is 4.34. The SMILES string of the molecule is Cc1ccc(N2CC[C@H](CC(=O)Cc3ccc(Br)nc3)C2)nn1. The second kappa shape index (κ2) is 7.17. The van der Waals surface area contributed by atoms with E-state index in [1.165, 1.54) is 0 Å². The van der Waals surface area contributed by atoms with Gasteiger partial charge in [-0.1, -0.05) is 6.07 Å². The number of hydrogen-bond donors (Lipinski definition) is 0. The Morgan fingerprint density at radius 3 is 2.87 bits per heavy atom. The van der Waals surface area contributed by atoms with Crippen molar-refractivity contribution in [2.24, 2.45) is 5.92 Å². The Morgan fingerprint density at radius 1 is 1.30 bits per heavy atom. The van der Waals surface area contributed by atoms with Crippen LogP contribution in [0.15, 0.2) is 35.1 Å². The predicted molar refractivity (Wildman–Crippen MR) is 92.4 cm³/mol. The number of carbonyl (C=O) groups excluding carboxylic acids is 1. The number of anilines is 1. The lowest BCUT2D eigenvalue weighted by atomic mass is 9.98. The second-order valence-electron chi connectivity index (χ2n) is 6.04. The van der Waals surface area contributed by atoms with E-state index >= 15 is 0 Å². The molecule has 1 saturated heterocycles. The third-order valence-electron chi connectivity index (χ3n) is 4.10. The molecule has 0 amide bonds. The van der Waals surface area contributed by atoms with Crippen molar-refractivity contribution in [3.05, 3.63) is 46.3 Å². The van der Waals surface area contributed by atoms with Crippen molar-refractivity contribution in [2.45, 2.75) is 26.2 Å². The molecule has 0 saturated carbocycles. The van der Waals surface area contributed by atoms with E-state index in [9.17, 15) is 4.79 Å². The summed E-state index contributed by atoms with van der Waals surface area (Å²) < 4.78 is 0.791. The van der Waals surface area contributed by atoms with Crippen LogP contribution in [0.1, 0.15) is 24.1 Å². The van der Waals surface area contributed by atoms with Crippen LogP contribution in [-0.4, -0.2) is 34.1 Å². The number of ketones is 1. The van der Waals surface area contributed by atoms with Crippen LogP contribution in [0.25, 0.3) is 0 Å².